The standard InChI is InChI=1S/C4H9Si.Al.O/c1-3-4(2)5;;/h3H,5H2,1-2H3;;. The molecule has 0 rings (SSSR count). The summed E-state index contributed by atoms with van der Waals surface area (Å²) in [5, 5.41) is 1.41. The SMILES string of the molecule is CC=C(C)[SiH2].[O]=[Al]. The molecule has 0 bridgehead atoms. The summed E-state index contributed by atoms with van der Waals surface area (Å²) in [6.45, 7) is 4.14. The van der Waals surface area contributed by atoms with Crippen LogP contribution in [-0.4, -0.2) is 26.5 Å². The van der Waals surface area contributed by atoms with Crippen LogP contribution in [0.15, 0.2) is 11.3 Å². The van der Waals surface area contributed by atoms with Crippen molar-refractivity contribution < 1.29 is 3.80 Å². The molecule has 0 aliphatic carbocycles. The van der Waals surface area contributed by atoms with E-state index >= 15 is 0 Å². The van der Waals surface area contributed by atoms with E-state index in [2.05, 4.69) is 13.0 Å². The fourth-order valence-corrected chi connectivity index (χ4v) is 0. The number of hydrogen-bond donors (Lipinski definition) is 0. The normalized spacial score (nSPS) is 9.14. The van der Waals surface area contributed by atoms with Gasteiger partial charge in [-0.3, -0.25) is 0 Å². The van der Waals surface area contributed by atoms with Crippen LogP contribution in [0.25, 0.3) is 0 Å². The van der Waals surface area contributed by atoms with Crippen molar-refractivity contribution in [2.45, 2.75) is 13.8 Å². The van der Waals surface area contributed by atoms with Gasteiger partial charge in [0, 0.05) is 10.2 Å². The molecule has 0 aromatic heterocycles. The van der Waals surface area contributed by atoms with E-state index in [1.807, 2.05) is 17.2 Å². The maximum atomic E-state index is 8.17. The summed E-state index contributed by atoms with van der Waals surface area (Å²) in [4.78, 5) is 0. The van der Waals surface area contributed by atoms with E-state index < -0.39 is 0 Å². The molecule has 0 aromatic carbocycles. The topological polar surface area (TPSA) is 17.1 Å². The molecule has 1 nitrogen and oxygen atoms in total. The second-order valence-corrected chi connectivity index (χ2v) is 2.25. The van der Waals surface area contributed by atoms with Crippen LogP contribution < -0.4 is 0 Å². The third-order valence-electron chi connectivity index (χ3n) is 0.493. The third-order valence-corrected chi connectivity index (χ3v) is 0.901. The molecule has 0 saturated carbocycles. The van der Waals surface area contributed by atoms with E-state index in [1.54, 1.807) is 0 Å². The van der Waals surface area contributed by atoms with Crippen molar-refractivity contribution in [1.82, 2.24) is 0 Å². The predicted octanol–water partition coefficient (Wildman–Crippen LogP) is 0.0436. The summed E-state index contributed by atoms with van der Waals surface area (Å²) in [6, 6.07) is 0. The molecule has 0 saturated heterocycles. The summed E-state index contributed by atoms with van der Waals surface area (Å²) in [5.74, 6) is 0. The molecule has 2 radical (unpaired) electrons. The Morgan fingerprint density at radius 2 is 1.86 bits per heavy atom. The van der Waals surface area contributed by atoms with Gasteiger partial charge in [0.15, 0.2) is 0 Å². The van der Waals surface area contributed by atoms with Gasteiger partial charge < -0.3 is 0 Å². The molecule has 0 heterocycles. The summed E-state index contributed by atoms with van der Waals surface area (Å²) in [6.07, 6.45) is 2.10. The molecule has 0 spiro atoms. The molecule has 0 aromatic rings. The average molecular weight is 128 g/mol. The van der Waals surface area contributed by atoms with Crippen molar-refractivity contribution in [3.8, 4) is 0 Å². The van der Waals surface area contributed by atoms with E-state index in [4.69, 9.17) is 3.80 Å². The first-order valence-corrected chi connectivity index (χ1v) is 3.13. The zero-order chi connectivity index (χ0) is 6.28. The Balaban J connectivity index is 0. The summed E-state index contributed by atoms with van der Waals surface area (Å²) >= 11 is 1.17. The van der Waals surface area contributed by atoms with Gasteiger partial charge in [0.05, 0.1) is 0 Å². The number of rotatable bonds is 0. The van der Waals surface area contributed by atoms with Crippen molar-refractivity contribution in [3.63, 3.8) is 0 Å². The van der Waals surface area contributed by atoms with E-state index in [-0.39, 0.29) is 0 Å². The van der Waals surface area contributed by atoms with E-state index in [0.717, 1.165) is 0 Å². The van der Waals surface area contributed by atoms with E-state index in [0.29, 0.717) is 0 Å². The zero-order valence-electron chi connectivity index (χ0n) is 4.77. The van der Waals surface area contributed by atoms with Crippen molar-refractivity contribution in [1.29, 1.82) is 0 Å². The van der Waals surface area contributed by atoms with Crippen LogP contribution in [0.3, 0.4) is 0 Å². The van der Waals surface area contributed by atoms with E-state index in [9.17, 15) is 0 Å². The Bertz CT molecular complexity index is 58.7. The van der Waals surface area contributed by atoms with Gasteiger partial charge in [-0.1, -0.05) is 11.3 Å². The minimum atomic E-state index is 1.17. The van der Waals surface area contributed by atoms with Crippen LogP contribution in [0.4, 0.5) is 0 Å². The van der Waals surface area contributed by atoms with Crippen LogP contribution >= 0.6 is 0 Å². The first kappa shape index (κ1) is 10.3. The van der Waals surface area contributed by atoms with Gasteiger partial charge in [-0.05, 0) is 13.8 Å². The van der Waals surface area contributed by atoms with Gasteiger partial charge in [-0.15, -0.1) is 0 Å². The molecule has 3 heteroatoms. The number of hydrogen-bond acceptors (Lipinski definition) is 1. The molecule has 0 aliphatic rings. The van der Waals surface area contributed by atoms with E-state index in [1.165, 1.54) is 21.4 Å². The zero-order valence-corrected chi connectivity index (χ0v) is 7.34. The second-order valence-electron chi connectivity index (χ2n) is 1.14. The quantitative estimate of drug-likeness (QED) is 0.421. The molecule has 0 unspecified atom stereocenters. The van der Waals surface area contributed by atoms with Gasteiger partial charge >= 0.3 is 20.0 Å². The van der Waals surface area contributed by atoms with Crippen molar-refractivity contribution in [3.05, 3.63) is 11.3 Å². The van der Waals surface area contributed by atoms with Crippen LogP contribution in [0.5, 0.6) is 0 Å². The Morgan fingerprint density at radius 3 is 1.86 bits per heavy atom. The van der Waals surface area contributed by atoms with Crippen molar-refractivity contribution in [2.24, 2.45) is 0 Å². The monoisotopic (exact) mass is 128 g/mol. The average Bonchev–Trinajstić information content (AvgIpc) is 1.73. The summed E-state index contributed by atoms with van der Waals surface area (Å²) in [7, 11) is 1.91. The summed E-state index contributed by atoms with van der Waals surface area (Å²) < 4.78 is 8.17. The second kappa shape index (κ2) is 9.56. The first-order valence-electron chi connectivity index (χ1n) is 1.96. The van der Waals surface area contributed by atoms with Crippen LogP contribution in [0.1, 0.15) is 13.8 Å². The molecule has 38 valence electrons. The fraction of sp³-hybridized carbons (Fsp3) is 0.500. The molecule has 7 heavy (non-hydrogen) atoms. The van der Waals surface area contributed by atoms with Gasteiger partial charge in [0.25, 0.3) is 0 Å². The Labute approximate surface area is 55.9 Å². The van der Waals surface area contributed by atoms with Crippen LogP contribution in [-0.2, 0) is 3.80 Å². The molecule has 0 atom stereocenters. The Morgan fingerprint density at radius 1 is 1.71 bits per heavy atom. The molecule has 0 amide bonds. The maximum absolute atomic E-state index is 8.17. The number of allylic oxidation sites excluding steroid dienone is 2. The Hall–Kier alpha value is 0.289. The first-order chi connectivity index (χ1) is 3.27. The van der Waals surface area contributed by atoms with Gasteiger partial charge in [-0.25, -0.2) is 0 Å². The predicted molar refractivity (Wildman–Crippen MR) is 34.4 cm³/mol. The third kappa shape index (κ3) is 22.1. The summed E-state index contributed by atoms with van der Waals surface area (Å²) in [5.41, 5.74) is 0. The minimum absolute atomic E-state index is 1.17. The molecule has 0 fully saturated rings. The molecule has 0 aliphatic heterocycles. The van der Waals surface area contributed by atoms with Gasteiger partial charge in [0.2, 0.25) is 0 Å². The Kier molecular flexibility index (Phi) is 14.1. The van der Waals surface area contributed by atoms with Crippen molar-refractivity contribution in [2.75, 3.05) is 0 Å². The molecular formula is C4H9AlOSi. The van der Waals surface area contributed by atoms with Crippen LogP contribution in [0.2, 0.25) is 0 Å². The molecule has 0 N–H and O–H groups in total. The van der Waals surface area contributed by atoms with Crippen LogP contribution in [0, 0.1) is 0 Å². The van der Waals surface area contributed by atoms with Crippen molar-refractivity contribution >= 4 is 26.5 Å². The molecular weight excluding hydrogens is 119 g/mol. The van der Waals surface area contributed by atoms with Gasteiger partial charge in [-0.2, -0.15) is 0 Å². The van der Waals surface area contributed by atoms with Gasteiger partial charge in [0.1, 0.15) is 0 Å². The fourth-order valence-electron chi connectivity index (χ4n) is 0.